The highest BCUT2D eigenvalue weighted by atomic mass is 32.1. The first kappa shape index (κ1) is 11.7. The fourth-order valence-corrected chi connectivity index (χ4v) is 3.31. The quantitative estimate of drug-likeness (QED) is 0.603. The number of hydrogen-bond acceptors (Lipinski definition) is 3. The summed E-state index contributed by atoms with van der Waals surface area (Å²) in [6.07, 6.45) is 2.96. The lowest BCUT2D eigenvalue weighted by Crippen LogP contribution is -1.97. The molecular formula is C17H14N2S. The van der Waals surface area contributed by atoms with Gasteiger partial charge in [0.05, 0.1) is 12.1 Å². The summed E-state index contributed by atoms with van der Waals surface area (Å²) in [4.78, 5) is 5.36. The van der Waals surface area contributed by atoms with Crippen LogP contribution >= 0.6 is 11.3 Å². The molecular weight excluding hydrogens is 264 g/mol. The number of benzene rings is 2. The number of nitrogens with one attached hydrogen (secondary N) is 1. The average molecular weight is 278 g/mol. The topological polar surface area (TPSA) is 24.9 Å². The van der Waals surface area contributed by atoms with Gasteiger partial charge in [0.25, 0.3) is 0 Å². The second-order valence-corrected chi connectivity index (χ2v) is 6.00. The lowest BCUT2D eigenvalue weighted by Gasteiger charge is -2.07. The lowest BCUT2D eigenvalue weighted by atomic mass is 10.1. The van der Waals surface area contributed by atoms with E-state index in [1.807, 2.05) is 11.7 Å². The van der Waals surface area contributed by atoms with Crippen LogP contribution in [0.25, 0.3) is 11.1 Å². The van der Waals surface area contributed by atoms with Gasteiger partial charge in [-0.3, -0.25) is 4.98 Å². The summed E-state index contributed by atoms with van der Waals surface area (Å²) < 4.78 is 0. The number of thiazole rings is 1. The Morgan fingerprint density at radius 2 is 1.95 bits per heavy atom. The highest BCUT2D eigenvalue weighted by Crippen LogP contribution is 2.37. The monoisotopic (exact) mass is 278 g/mol. The first-order chi connectivity index (χ1) is 9.90. The van der Waals surface area contributed by atoms with Crippen LogP contribution in [0.15, 0.2) is 54.2 Å². The van der Waals surface area contributed by atoms with Gasteiger partial charge < -0.3 is 5.32 Å². The molecule has 3 aromatic rings. The van der Waals surface area contributed by atoms with Crippen LogP contribution in [-0.4, -0.2) is 4.98 Å². The number of nitrogens with zero attached hydrogens (tertiary/aromatic N) is 1. The summed E-state index contributed by atoms with van der Waals surface area (Å²) in [5, 5.41) is 3.47. The van der Waals surface area contributed by atoms with Gasteiger partial charge in [-0.2, -0.15) is 0 Å². The van der Waals surface area contributed by atoms with Crippen LogP contribution in [0.4, 0.5) is 5.69 Å². The van der Waals surface area contributed by atoms with Gasteiger partial charge in [0.1, 0.15) is 0 Å². The minimum absolute atomic E-state index is 0.844. The predicted molar refractivity (Wildman–Crippen MR) is 84.1 cm³/mol. The minimum atomic E-state index is 0.844. The van der Waals surface area contributed by atoms with Crippen molar-refractivity contribution in [3.05, 3.63) is 70.2 Å². The van der Waals surface area contributed by atoms with E-state index in [1.165, 1.54) is 32.8 Å². The van der Waals surface area contributed by atoms with Gasteiger partial charge >= 0.3 is 0 Å². The van der Waals surface area contributed by atoms with Gasteiger partial charge in [-0.15, -0.1) is 11.3 Å². The van der Waals surface area contributed by atoms with Crippen molar-refractivity contribution < 1.29 is 0 Å². The van der Waals surface area contributed by atoms with Crippen LogP contribution < -0.4 is 5.32 Å². The standard InChI is InChI=1S/C17H14N2S/c1-2-4-16-12(3-1)7-13-8-14(5-6-17(13)16)19-10-15-9-18-11-20-15/h1-6,8-9,11,19H,7,10H2. The smallest absolute Gasteiger partial charge is 0.0794 e. The van der Waals surface area contributed by atoms with E-state index in [9.17, 15) is 0 Å². The van der Waals surface area contributed by atoms with E-state index >= 15 is 0 Å². The molecule has 3 heteroatoms. The van der Waals surface area contributed by atoms with E-state index in [-0.39, 0.29) is 0 Å². The van der Waals surface area contributed by atoms with Gasteiger partial charge in [0.15, 0.2) is 0 Å². The Balaban J connectivity index is 1.59. The molecule has 0 spiro atoms. The molecule has 0 unspecified atom stereocenters. The molecule has 1 aliphatic rings. The van der Waals surface area contributed by atoms with E-state index in [4.69, 9.17) is 0 Å². The Hall–Kier alpha value is -2.13. The lowest BCUT2D eigenvalue weighted by molar-refractivity contribution is 1.17. The number of rotatable bonds is 3. The number of aromatic nitrogens is 1. The summed E-state index contributed by atoms with van der Waals surface area (Å²) in [6, 6.07) is 15.3. The van der Waals surface area contributed by atoms with E-state index in [0.29, 0.717) is 0 Å². The zero-order valence-electron chi connectivity index (χ0n) is 11.0. The van der Waals surface area contributed by atoms with Gasteiger partial charge in [-0.1, -0.05) is 30.3 Å². The third-order valence-electron chi connectivity index (χ3n) is 3.74. The molecule has 0 bridgehead atoms. The second-order valence-electron chi connectivity index (χ2n) is 5.03. The van der Waals surface area contributed by atoms with E-state index < -0.39 is 0 Å². The van der Waals surface area contributed by atoms with Crippen LogP contribution in [0.5, 0.6) is 0 Å². The van der Waals surface area contributed by atoms with Gasteiger partial charge in [-0.05, 0) is 40.8 Å². The summed E-state index contributed by atoms with van der Waals surface area (Å²) in [5.74, 6) is 0. The van der Waals surface area contributed by atoms with Crippen molar-refractivity contribution in [3.63, 3.8) is 0 Å². The molecule has 1 N–H and O–H groups in total. The maximum absolute atomic E-state index is 4.10. The molecule has 0 radical (unpaired) electrons. The Kier molecular flexibility index (Phi) is 2.78. The molecule has 0 aliphatic heterocycles. The third-order valence-corrected chi connectivity index (χ3v) is 4.52. The summed E-state index contributed by atoms with van der Waals surface area (Å²) in [5.41, 5.74) is 8.67. The van der Waals surface area contributed by atoms with Crippen LogP contribution in [0.1, 0.15) is 16.0 Å². The zero-order valence-corrected chi connectivity index (χ0v) is 11.8. The number of fused-ring (bicyclic) bond motifs is 3. The van der Waals surface area contributed by atoms with E-state index in [0.717, 1.165) is 13.0 Å². The van der Waals surface area contributed by atoms with E-state index in [2.05, 4.69) is 52.8 Å². The summed E-state index contributed by atoms with van der Waals surface area (Å²) >= 11 is 1.68. The molecule has 1 aromatic heterocycles. The Morgan fingerprint density at radius 1 is 1.05 bits per heavy atom. The summed E-state index contributed by atoms with van der Waals surface area (Å²) in [7, 11) is 0. The number of hydrogen-bond donors (Lipinski definition) is 1. The van der Waals surface area contributed by atoms with Crippen molar-refractivity contribution in [1.82, 2.24) is 4.98 Å². The van der Waals surface area contributed by atoms with Gasteiger partial charge in [0, 0.05) is 16.8 Å². The van der Waals surface area contributed by atoms with Crippen LogP contribution in [0, 0.1) is 0 Å². The fourth-order valence-electron chi connectivity index (χ4n) is 2.77. The first-order valence-electron chi connectivity index (χ1n) is 6.72. The van der Waals surface area contributed by atoms with Crippen molar-refractivity contribution in [2.75, 3.05) is 5.32 Å². The zero-order chi connectivity index (χ0) is 13.4. The maximum atomic E-state index is 4.10. The Morgan fingerprint density at radius 3 is 2.85 bits per heavy atom. The molecule has 2 nitrogen and oxygen atoms in total. The van der Waals surface area contributed by atoms with Crippen molar-refractivity contribution in [2.45, 2.75) is 13.0 Å². The van der Waals surface area contributed by atoms with Crippen molar-refractivity contribution in [2.24, 2.45) is 0 Å². The second kappa shape index (κ2) is 4.76. The van der Waals surface area contributed by atoms with Crippen molar-refractivity contribution >= 4 is 17.0 Å². The summed E-state index contributed by atoms with van der Waals surface area (Å²) in [6.45, 7) is 0.844. The molecule has 2 aromatic carbocycles. The molecule has 98 valence electrons. The van der Waals surface area contributed by atoms with Crippen LogP contribution in [0.2, 0.25) is 0 Å². The largest absolute Gasteiger partial charge is 0.380 e. The molecule has 0 saturated heterocycles. The third kappa shape index (κ3) is 2.00. The fraction of sp³-hybridized carbons (Fsp3) is 0.118. The van der Waals surface area contributed by atoms with Crippen LogP contribution in [0.3, 0.4) is 0 Å². The van der Waals surface area contributed by atoms with Crippen LogP contribution in [-0.2, 0) is 13.0 Å². The highest BCUT2D eigenvalue weighted by molar-refractivity contribution is 7.09. The highest BCUT2D eigenvalue weighted by Gasteiger charge is 2.17. The normalized spacial score (nSPS) is 12.0. The van der Waals surface area contributed by atoms with E-state index in [1.54, 1.807) is 11.3 Å². The Labute approximate surface area is 122 Å². The average Bonchev–Trinajstić information content (AvgIpc) is 3.12. The molecule has 0 saturated carbocycles. The molecule has 4 rings (SSSR count). The van der Waals surface area contributed by atoms with Gasteiger partial charge in [-0.25, -0.2) is 0 Å². The molecule has 0 atom stereocenters. The van der Waals surface area contributed by atoms with Gasteiger partial charge in [0.2, 0.25) is 0 Å². The maximum Gasteiger partial charge on any atom is 0.0794 e. The first-order valence-corrected chi connectivity index (χ1v) is 7.60. The SMILES string of the molecule is c1ccc2c(c1)Cc1cc(NCc3cncs3)ccc1-2. The van der Waals surface area contributed by atoms with Crippen molar-refractivity contribution in [1.29, 1.82) is 0 Å². The Bertz CT molecular complexity index is 747. The molecule has 0 amide bonds. The molecule has 20 heavy (non-hydrogen) atoms. The molecule has 1 aliphatic carbocycles. The predicted octanol–water partition coefficient (Wildman–Crippen LogP) is 4.33. The minimum Gasteiger partial charge on any atom is -0.380 e. The van der Waals surface area contributed by atoms with Crippen molar-refractivity contribution in [3.8, 4) is 11.1 Å². The molecule has 0 fully saturated rings. The molecule has 1 heterocycles. The number of anilines is 1.